The molecule has 0 saturated carbocycles. The Bertz CT molecular complexity index is 528. The lowest BCUT2D eigenvalue weighted by Gasteiger charge is -2.35. The maximum absolute atomic E-state index is 10.7. The van der Waals surface area contributed by atoms with Crippen LogP contribution in [0.4, 0.5) is 5.69 Å². The van der Waals surface area contributed by atoms with Crippen molar-refractivity contribution in [3.63, 3.8) is 0 Å². The van der Waals surface area contributed by atoms with Gasteiger partial charge in [0.05, 0.1) is 16.8 Å². The molecule has 1 saturated heterocycles. The third-order valence-corrected chi connectivity index (χ3v) is 3.83. The molecule has 21 heavy (non-hydrogen) atoms. The normalized spacial score (nSPS) is 19.1. The average Bonchev–Trinajstić information content (AvgIpc) is 2.45. The van der Waals surface area contributed by atoms with E-state index in [1.54, 1.807) is 6.08 Å². The fraction of sp³-hybridized carbons (Fsp3) is 0.438. The fourth-order valence-corrected chi connectivity index (χ4v) is 2.98. The first-order valence-electron chi connectivity index (χ1n) is 7.18. The van der Waals surface area contributed by atoms with Gasteiger partial charge in [0.2, 0.25) is 0 Å². The number of rotatable bonds is 5. The van der Waals surface area contributed by atoms with Gasteiger partial charge in [-0.25, -0.2) is 4.79 Å². The van der Waals surface area contributed by atoms with Gasteiger partial charge >= 0.3 is 5.97 Å². The minimum Gasteiger partial charge on any atom is -0.478 e. The number of anilines is 1. The van der Waals surface area contributed by atoms with Crippen molar-refractivity contribution >= 4 is 29.3 Å². The van der Waals surface area contributed by atoms with Crippen molar-refractivity contribution in [1.82, 2.24) is 0 Å². The molecule has 0 spiro atoms. The van der Waals surface area contributed by atoms with Crippen LogP contribution in [0.25, 0.3) is 6.08 Å². The van der Waals surface area contributed by atoms with Gasteiger partial charge in [-0.3, -0.25) is 0 Å². The molecule has 5 heteroatoms. The lowest BCUT2D eigenvalue weighted by Crippen LogP contribution is -2.40. The first-order valence-corrected chi connectivity index (χ1v) is 7.55. The van der Waals surface area contributed by atoms with E-state index in [0.29, 0.717) is 11.6 Å². The molecular weight excluding hydrogens is 290 g/mol. The van der Waals surface area contributed by atoms with E-state index >= 15 is 0 Å². The highest BCUT2D eigenvalue weighted by Gasteiger charge is 2.23. The topological polar surface area (TPSA) is 49.8 Å². The number of carbonyl (C=O) groups is 1. The molecule has 1 aliphatic heterocycles. The summed E-state index contributed by atoms with van der Waals surface area (Å²) in [6.07, 6.45) is 5.02. The number of hydrogen-bond donors (Lipinski definition) is 1. The van der Waals surface area contributed by atoms with Gasteiger partial charge in [-0.2, -0.15) is 0 Å². The molecule has 0 aromatic heterocycles. The summed E-state index contributed by atoms with van der Waals surface area (Å²) in [7, 11) is 0. The van der Waals surface area contributed by atoms with Gasteiger partial charge < -0.3 is 14.7 Å². The van der Waals surface area contributed by atoms with E-state index < -0.39 is 5.97 Å². The van der Waals surface area contributed by atoms with Crippen LogP contribution in [0.2, 0.25) is 5.02 Å². The molecule has 1 heterocycles. The van der Waals surface area contributed by atoms with Gasteiger partial charge in [-0.1, -0.05) is 23.7 Å². The van der Waals surface area contributed by atoms with Gasteiger partial charge in [-0.15, -0.1) is 0 Å². The first-order chi connectivity index (χ1) is 10.1. The van der Waals surface area contributed by atoms with E-state index in [2.05, 4.69) is 4.90 Å². The Hall–Kier alpha value is -1.52. The van der Waals surface area contributed by atoms with Crippen LogP contribution in [0.1, 0.15) is 25.3 Å². The van der Waals surface area contributed by atoms with Gasteiger partial charge in [0, 0.05) is 25.8 Å². The molecule has 1 N–H and O–H groups in total. The van der Waals surface area contributed by atoms with Crippen LogP contribution in [-0.4, -0.2) is 36.9 Å². The molecule has 0 radical (unpaired) electrons. The minimum atomic E-state index is -0.966. The number of nitrogens with zero attached hydrogens (tertiary/aromatic N) is 1. The minimum absolute atomic E-state index is 0.205. The molecular formula is C16H20ClNO3. The number of benzene rings is 1. The van der Waals surface area contributed by atoms with Crippen LogP contribution < -0.4 is 4.90 Å². The highest BCUT2D eigenvalue weighted by Crippen LogP contribution is 2.33. The van der Waals surface area contributed by atoms with Crippen LogP contribution in [0.5, 0.6) is 0 Å². The molecule has 2 rings (SSSR count). The number of ether oxygens (including phenoxy) is 1. The summed E-state index contributed by atoms with van der Waals surface area (Å²) in [6.45, 7) is 4.38. The SMILES string of the molecule is CCOC1CCCN(c2c(Cl)cccc2/C=C/C(=O)O)C1. The summed E-state index contributed by atoms with van der Waals surface area (Å²) in [5, 5.41) is 9.44. The summed E-state index contributed by atoms with van der Waals surface area (Å²) < 4.78 is 5.72. The highest BCUT2D eigenvalue weighted by atomic mass is 35.5. The maximum Gasteiger partial charge on any atom is 0.328 e. The van der Waals surface area contributed by atoms with Crippen LogP contribution >= 0.6 is 11.6 Å². The molecule has 1 atom stereocenters. The van der Waals surface area contributed by atoms with Crippen molar-refractivity contribution in [2.45, 2.75) is 25.9 Å². The van der Waals surface area contributed by atoms with Crippen LogP contribution in [0, 0.1) is 0 Å². The second-order valence-electron chi connectivity index (χ2n) is 5.01. The van der Waals surface area contributed by atoms with Crippen molar-refractivity contribution < 1.29 is 14.6 Å². The summed E-state index contributed by atoms with van der Waals surface area (Å²) in [4.78, 5) is 12.9. The zero-order valence-corrected chi connectivity index (χ0v) is 12.8. The number of hydrogen-bond acceptors (Lipinski definition) is 3. The summed E-state index contributed by atoms with van der Waals surface area (Å²) in [5.41, 5.74) is 1.71. The fourth-order valence-electron chi connectivity index (χ4n) is 2.67. The molecule has 4 nitrogen and oxygen atoms in total. The Balaban J connectivity index is 2.27. The van der Waals surface area contributed by atoms with E-state index in [9.17, 15) is 4.79 Å². The number of carboxylic acids is 1. The second kappa shape index (κ2) is 7.48. The zero-order chi connectivity index (χ0) is 15.2. The Labute approximate surface area is 130 Å². The molecule has 1 fully saturated rings. The number of piperidine rings is 1. The Morgan fingerprint density at radius 1 is 1.57 bits per heavy atom. The van der Waals surface area contributed by atoms with E-state index in [-0.39, 0.29) is 6.10 Å². The number of aliphatic carboxylic acids is 1. The average molecular weight is 310 g/mol. The largest absolute Gasteiger partial charge is 0.478 e. The van der Waals surface area contributed by atoms with Crippen LogP contribution in [-0.2, 0) is 9.53 Å². The first kappa shape index (κ1) is 15.9. The van der Waals surface area contributed by atoms with Crippen LogP contribution in [0.3, 0.4) is 0 Å². The van der Waals surface area contributed by atoms with Crippen molar-refractivity contribution in [3.8, 4) is 0 Å². The lowest BCUT2D eigenvalue weighted by molar-refractivity contribution is -0.131. The summed E-state index contributed by atoms with van der Waals surface area (Å²) in [6, 6.07) is 5.54. The molecule has 0 aliphatic carbocycles. The predicted molar refractivity (Wildman–Crippen MR) is 85.0 cm³/mol. The van der Waals surface area contributed by atoms with E-state index in [1.807, 2.05) is 25.1 Å². The van der Waals surface area contributed by atoms with Crippen molar-refractivity contribution in [2.24, 2.45) is 0 Å². The predicted octanol–water partition coefficient (Wildman–Crippen LogP) is 3.44. The molecule has 0 bridgehead atoms. The van der Waals surface area contributed by atoms with Gasteiger partial charge in [-0.05, 0) is 37.5 Å². The summed E-state index contributed by atoms with van der Waals surface area (Å²) in [5.74, 6) is -0.966. The second-order valence-corrected chi connectivity index (χ2v) is 5.42. The van der Waals surface area contributed by atoms with Gasteiger partial charge in [0.25, 0.3) is 0 Å². The highest BCUT2D eigenvalue weighted by molar-refractivity contribution is 6.33. The Kier molecular flexibility index (Phi) is 5.65. The quantitative estimate of drug-likeness (QED) is 0.846. The number of halogens is 1. The Morgan fingerprint density at radius 3 is 3.10 bits per heavy atom. The van der Waals surface area contributed by atoms with Gasteiger partial charge in [0.15, 0.2) is 0 Å². The smallest absolute Gasteiger partial charge is 0.328 e. The number of carboxylic acid groups (broad SMARTS) is 1. The molecule has 114 valence electrons. The van der Waals surface area contributed by atoms with Crippen molar-refractivity contribution in [3.05, 3.63) is 34.9 Å². The molecule has 1 aromatic carbocycles. The van der Waals surface area contributed by atoms with Gasteiger partial charge in [0.1, 0.15) is 0 Å². The van der Waals surface area contributed by atoms with Crippen molar-refractivity contribution in [1.29, 1.82) is 0 Å². The molecule has 0 amide bonds. The van der Waals surface area contributed by atoms with E-state index in [1.165, 1.54) is 0 Å². The van der Waals surface area contributed by atoms with E-state index in [0.717, 1.165) is 43.3 Å². The molecule has 1 aliphatic rings. The standard InChI is InChI=1S/C16H20ClNO3/c1-2-21-13-6-4-10-18(11-13)16-12(8-9-15(19)20)5-3-7-14(16)17/h3,5,7-9,13H,2,4,6,10-11H2,1H3,(H,19,20)/b9-8+. The third kappa shape index (κ3) is 4.22. The number of para-hydroxylation sites is 1. The van der Waals surface area contributed by atoms with Crippen molar-refractivity contribution in [2.75, 3.05) is 24.6 Å². The summed E-state index contributed by atoms with van der Waals surface area (Å²) >= 11 is 6.34. The van der Waals surface area contributed by atoms with Crippen LogP contribution in [0.15, 0.2) is 24.3 Å². The zero-order valence-electron chi connectivity index (χ0n) is 12.1. The lowest BCUT2D eigenvalue weighted by atomic mass is 10.0. The molecule has 1 aromatic rings. The monoisotopic (exact) mass is 309 g/mol. The van der Waals surface area contributed by atoms with E-state index in [4.69, 9.17) is 21.4 Å². The molecule has 1 unspecified atom stereocenters. The third-order valence-electron chi connectivity index (χ3n) is 3.52. The maximum atomic E-state index is 10.7. The Morgan fingerprint density at radius 2 is 2.38 bits per heavy atom.